The Balaban J connectivity index is 2.42. The Morgan fingerprint density at radius 2 is 2.00 bits per heavy atom. The molecule has 0 unspecified atom stereocenters. The summed E-state index contributed by atoms with van der Waals surface area (Å²) in [5.74, 6) is -2.81. The van der Waals surface area contributed by atoms with Crippen LogP contribution < -0.4 is 0 Å². The van der Waals surface area contributed by atoms with Gasteiger partial charge in [0.1, 0.15) is 0 Å². The first kappa shape index (κ1) is 11.2. The molecule has 0 aliphatic heterocycles. The molecular formula is C13H14F2O. The Labute approximate surface area is 93.5 Å². The molecule has 0 N–H and O–H groups in total. The van der Waals surface area contributed by atoms with Gasteiger partial charge in [0.05, 0.1) is 5.41 Å². The van der Waals surface area contributed by atoms with Crippen molar-refractivity contribution in [2.24, 2.45) is 0 Å². The summed E-state index contributed by atoms with van der Waals surface area (Å²) in [6.07, 6.45) is 0.996. The Morgan fingerprint density at radius 1 is 1.38 bits per heavy atom. The average molecular weight is 224 g/mol. The summed E-state index contributed by atoms with van der Waals surface area (Å²) in [6, 6.07) is 6.64. The monoisotopic (exact) mass is 224 g/mol. The molecular weight excluding hydrogens is 210 g/mol. The standard InChI is InChI=1S/C13H14F2O/c1-9(16)10-4-3-5-11(8-10)13(6-7-13)12(2,14)15/h3-5,8H,6-7H2,1-2H3. The largest absolute Gasteiger partial charge is 0.295 e. The van der Waals surface area contributed by atoms with Crippen molar-refractivity contribution in [3.63, 3.8) is 0 Å². The fourth-order valence-corrected chi connectivity index (χ4v) is 2.14. The predicted octanol–water partition coefficient (Wildman–Crippen LogP) is 3.58. The lowest BCUT2D eigenvalue weighted by atomic mass is 9.88. The highest BCUT2D eigenvalue weighted by atomic mass is 19.3. The van der Waals surface area contributed by atoms with Crippen LogP contribution in [0.4, 0.5) is 8.78 Å². The molecule has 3 heteroatoms. The Hall–Kier alpha value is -1.25. The van der Waals surface area contributed by atoms with Gasteiger partial charge in [-0.15, -0.1) is 0 Å². The molecule has 0 bridgehead atoms. The van der Waals surface area contributed by atoms with Gasteiger partial charge in [-0.1, -0.05) is 18.2 Å². The smallest absolute Gasteiger partial charge is 0.254 e. The number of hydrogen-bond acceptors (Lipinski definition) is 1. The van der Waals surface area contributed by atoms with Crippen LogP contribution in [-0.4, -0.2) is 11.7 Å². The van der Waals surface area contributed by atoms with Crippen molar-refractivity contribution in [1.29, 1.82) is 0 Å². The fraction of sp³-hybridized carbons (Fsp3) is 0.462. The number of rotatable bonds is 3. The number of halogens is 2. The quantitative estimate of drug-likeness (QED) is 0.717. The van der Waals surface area contributed by atoms with Crippen LogP contribution >= 0.6 is 0 Å². The maximum Gasteiger partial charge on any atom is 0.254 e. The maximum absolute atomic E-state index is 13.5. The van der Waals surface area contributed by atoms with Crippen molar-refractivity contribution in [1.82, 2.24) is 0 Å². The highest BCUT2D eigenvalue weighted by Gasteiger charge is 2.59. The average Bonchev–Trinajstić information content (AvgIpc) is 2.97. The molecule has 0 saturated heterocycles. The van der Waals surface area contributed by atoms with Crippen molar-refractivity contribution >= 4 is 5.78 Å². The van der Waals surface area contributed by atoms with E-state index in [0.717, 1.165) is 6.92 Å². The Morgan fingerprint density at radius 3 is 2.44 bits per heavy atom. The van der Waals surface area contributed by atoms with Gasteiger partial charge in [0.25, 0.3) is 5.92 Å². The number of hydrogen-bond donors (Lipinski definition) is 0. The van der Waals surface area contributed by atoms with Gasteiger partial charge >= 0.3 is 0 Å². The van der Waals surface area contributed by atoms with Gasteiger partial charge in [0.15, 0.2) is 5.78 Å². The predicted molar refractivity (Wildman–Crippen MR) is 58.0 cm³/mol. The molecule has 0 radical (unpaired) electrons. The molecule has 1 aromatic rings. The fourth-order valence-electron chi connectivity index (χ4n) is 2.14. The zero-order valence-corrected chi connectivity index (χ0v) is 9.39. The highest BCUT2D eigenvalue weighted by Crippen LogP contribution is 2.58. The Bertz CT molecular complexity index is 428. The minimum absolute atomic E-state index is 0.0860. The van der Waals surface area contributed by atoms with E-state index >= 15 is 0 Å². The lowest BCUT2D eigenvalue weighted by Gasteiger charge is -2.23. The highest BCUT2D eigenvalue weighted by molar-refractivity contribution is 5.94. The van der Waals surface area contributed by atoms with Crippen molar-refractivity contribution < 1.29 is 13.6 Å². The summed E-state index contributed by atoms with van der Waals surface area (Å²) in [4.78, 5) is 11.2. The topological polar surface area (TPSA) is 17.1 Å². The van der Waals surface area contributed by atoms with Crippen LogP contribution in [0.15, 0.2) is 24.3 Å². The molecule has 0 atom stereocenters. The summed E-state index contributed by atoms with van der Waals surface area (Å²) in [6.45, 7) is 2.41. The minimum Gasteiger partial charge on any atom is -0.295 e. The summed E-state index contributed by atoms with van der Waals surface area (Å²) in [5, 5.41) is 0. The second-order valence-electron chi connectivity index (χ2n) is 4.61. The number of carbonyl (C=O) groups excluding carboxylic acids is 1. The first-order valence-corrected chi connectivity index (χ1v) is 5.36. The van der Waals surface area contributed by atoms with E-state index in [0.29, 0.717) is 24.0 Å². The van der Waals surface area contributed by atoms with Gasteiger partial charge < -0.3 is 0 Å². The maximum atomic E-state index is 13.5. The van der Waals surface area contributed by atoms with Crippen molar-refractivity contribution in [2.75, 3.05) is 0 Å². The third kappa shape index (κ3) is 1.64. The lowest BCUT2D eigenvalue weighted by molar-refractivity contribution is -0.0200. The van der Waals surface area contributed by atoms with Crippen LogP contribution in [0, 0.1) is 0 Å². The number of alkyl halides is 2. The van der Waals surface area contributed by atoms with Crippen molar-refractivity contribution in [3.8, 4) is 0 Å². The number of carbonyl (C=O) groups is 1. The molecule has 2 rings (SSSR count). The van der Waals surface area contributed by atoms with E-state index in [1.807, 2.05) is 0 Å². The van der Waals surface area contributed by atoms with E-state index < -0.39 is 11.3 Å². The van der Waals surface area contributed by atoms with E-state index in [1.165, 1.54) is 6.92 Å². The van der Waals surface area contributed by atoms with Crippen LogP contribution in [0.3, 0.4) is 0 Å². The molecule has 0 heterocycles. The second kappa shape index (κ2) is 3.37. The van der Waals surface area contributed by atoms with Crippen LogP contribution in [-0.2, 0) is 5.41 Å². The van der Waals surface area contributed by atoms with E-state index in [4.69, 9.17) is 0 Å². The summed E-state index contributed by atoms with van der Waals surface area (Å²) < 4.78 is 27.0. The summed E-state index contributed by atoms with van der Waals surface area (Å²) >= 11 is 0. The van der Waals surface area contributed by atoms with Gasteiger partial charge in [-0.2, -0.15) is 0 Å². The van der Waals surface area contributed by atoms with Crippen molar-refractivity contribution in [2.45, 2.75) is 38.0 Å². The van der Waals surface area contributed by atoms with E-state index in [1.54, 1.807) is 24.3 Å². The zero-order chi connectivity index (χ0) is 12.0. The van der Waals surface area contributed by atoms with Gasteiger partial charge in [-0.3, -0.25) is 4.79 Å². The van der Waals surface area contributed by atoms with Crippen LogP contribution in [0.2, 0.25) is 0 Å². The second-order valence-corrected chi connectivity index (χ2v) is 4.61. The van der Waals surface area contributed by atoms with Crippen molar-refractivity contribution in [3.05, 3.63) is 35.4 Å². The zero-order valence-electron chi connectivity index (χ0n) is 9.39. The van der Waals surface area contributed by atoms with Crippen LogP contribution in [0.5, 0.6) is 0 Å². The van der Waals surface area contributed by atoms with Gasteiger partial charge in [-0.05, 0) is 31.4 Å². The number of Topliss-reactive ketones (excluding diaryl/α,β-unsaturated/α-hetero) is 1. The molecule has 1 nitrogen and oxygen atoms in total. The Kier molecular flexibility index (Phi) is 2.37. The molecule has 1 saturated carbocycles. The van der Waals surface area contributed by atoms with Gasteiger partial charge in [0, 0.05) is 12.5 Å². The lowest BCUT2D eigenvalue weighted by Crippen LogP contribution is -2.30. The molecule has 1 fully saturated rings. The minimum atomic E-state index is -2.72. The summed E-state index contributed by atoms with van der Waals surface area (Å²) in [7, 11) is 0. The number of ketones is 1. The molecule has 16 heavy (non-hydrogen) atoms. The molecule has 1 aliphatic rings. The SMILES string of the molecule is CC(=O)c1cccc(C2(C(C)(F)F)CC2)c1. The van der Waals surface area contributed by atoms with E-state index in [-0.39, 0.29) is 5.78 Å². The first-order valence-electron chi connectivity index (χ1n) is 5.36. The third-order valence-electron chi connectivity index (χ3n) is 3.41. The molecule has 0 spiro atoms. The molecule has 0 amide bonds. The van der Waals surface area contributed by atoms with Crippen LogP contribution in [0.25, 0.3) is 0 Å². The van der Waals surface area contributed by atoms with E-state index in [2.05, 4.69) is 0 Å². The molecule has 0 aromatic heterocycles. The third-order valence-corrected chi connectivity index (χ3v) is 3.41. The summed E-state index contributed by atoms with van der Waals surface area (Å²) in [5.41, 5.74) is 0.0686. The van der Waals surface area contributed by atoms with Gasteiger partial charge in [0.2, 0.25) is 0 Å². The number of benzene rings is 1. The molecule has 1 aromatic carbocycles. The molecule has 1 aliphatic carbocycles. The van der Waals surface area contributed by atoms with Gasteiger partial charge in [-0.25, -0.2) is 8.78 Å². The first-order chi connectivity index (χ1) is 7.37. The van der Waals surface area contributed by atoms with Crippen LogP contribution in [0.1, 0.15) is 42.6 Å². The molecule has 86 valence electrons. The van der Waals surface area contributed by atoms with E-state index in [9.17, 15) is 13.6 Å². The normalized spacial score (nSPS) is 18.2.